The highest BCUT2D eigenvalue weighted by Crippen LogP contribution is 2.15. The molecule has 0 saturated carbocycles. The van der Waals surface area contributed by atoms with Crippen LogP contribution in [-0.4, -0.2) is 11.0 Å². The summed E-state index contributed by atoms with van der Waals surface area (Å²) in [6.45, 7) is 0. The van der Waals surface area contributed by atoms with Crippen molar-refractivity contribution >= 4 is 44.9 Å². The summed E-state index contributed by atoms with van der Waals surface area (Å²) in [4.78, 5) is 12.2. The number of amides is 2. The summed E-state index contributed by atoms with van der Waals surface area (Å²) in [6, 6.07) is 16.3. The molecule has 2 amide bonds. The van der Waals surface area contributed by atoms with E-state index in [1.54, 1.807) is 6.07 Å². The molecule has 19 heavy (non-hydrogen) atoms. The molecule has 2 aromatic carbocycles. The SMILES string of the molecule is O=C(NC(=S)c1ccccc1)Nc1cccc(Br)c1. The Bertz CT molecular complexity index is 601. The molecule has 96 valence electrons. The predicted octanol–water partition coefficient (Wildman–Crippen LogP) is 3.95. The molecular weight excluding hydrogens is 324 g/mol. The molecule has 0 atom stereocenters. The maximum Gasteiger partial charge on any atom is 0.324 e. The molecule has 0 aromatic heterocycles. The minimum Gasteiger partial charge on any atom is -0.308 e. The Hall–Kier alpha value is -1.72. The van der Waals surface area contributed by atoms with Gasteiger partial charge in [-0.15, -0.1) is 0 Å². The number of hydrogen-bond acceptors (Lipinski definition) is 2. The van der Waals surface area contributed by atoms with Gasteiger partial charge in [-0.2, -0.15) is 0 Å². The number of nitrogens with one attached hydrogen (secondary N) is 2. The number of thiocarbonyl (C=S) groups is 1. The van der Waals surface area contributed by atoms with Crippen molar-refractivity contribution < 1.29 is 4.79 Å². The van der Waals surface area contributed by atoms with Gasteiger partial charge < -0.3 is 5.32 Å². The first-order valence-electron chi connectivity index (χ1n) is 5.58. The van der Waals surface area contributed by atoms with Crippen molar-refractivity contribution in [2.45, 2.75) is 0 Å². The number of halogens is 1. The van der Waals surface area contributed by atoms with E-state index in [2.05, 4.69) is 26.6 Å². The van der Waals surface area contributed by atoms with Crippen LogP contribution in [0.15, 0.2) is 59.1 Å². The topological polar surface area (TPSA) is 41.1 Å². The smallest absolute Gasteiger partial charge is 0.308 e. The van der Waals surface area contributed by atoms with E-state index in [0.717, 1.165) is 10.0 Å². The van der Waals surface area contributed by atoms with Gasteiger partial charge in [0.15, 0.2) is 0 Å². The summed E-state index contributed by atoms with van der Waals surface area (Å²) in [5.41, 5.74) is 1.50. The second kappa shape index (κ2) is 6.45. The van der Waals surface area contributed by atoms with Crippen molar-refractivity contribution in [3.63, 3.8) is 0 Å². The van der Waals surface area contributed by atoms with Crippen LogP contribution in [0.2, 0.25) is 0 Å². The zero-order valence-electron chi connectivity index (χ0n) is 9.89. The van der Waals surface area contributed by atoms with Crippen LogP contribution in [0.25, 0.3) is 0 Å². The van der Waals surface area contributed by atoms with Crippen molar-refractivity contribution in [3.05, 3.63) is 64.6 Å². The first kappa shape index (κ1) is 13.7. The lowest BCUT2D eigenvalue weighted by molar-refractivity contribution is 0.256. The van der Waals surface area contributed by atoms with Gasteiger partial charge in [-0.1, -0.05) is 64.5 Å². The minimum absolute atomic E-state index is 0.355. The summed E-state index contributed by atoms with van der Waals surface area (Å²) in [6.07, 6.45) is 0. The van der Waals surface area contributed by atoms with E-state index in [9.17, 15) is 4.79 Å². The number of carbonyl (C=O) groups is 1. The van der Waals surface area contributed by atoms with Crippen LogP contribution in [0.5, 0.6) is 0 Å². The van der Waals surface area contributed by atoms with Crippen LogP contribution in [0.4, 0.5) is 10.5 Å². The van der Waals surface area contributed by atoms with Crippen molar-refractivity contribution in [2.75, 3.05) is 5.32 Å². The first-order valence-corrected chi connectivity index (χ1v) is 6.78. The molecule has 2 aromatic rings. The molecule has 0 fully saturated rings. The van der Waals surface area contributed by atoms with Crippen LogP contribution in [0.1, 0.15) is 5.56 Å². The molecule has 2 rings (SSSR count). The Morgan fingerprint density at radius 1 is 1.05 bits per heavy atom. The van der Waals surface area contributed by atoms with E-state index < -0.39 is 0 Å². The van der Waals surface area contributed by atoms with Gasteiger partial charge in [0.1, 0.15) is 4.99 Å². The zero-order valence-corrected chi connectivity index (χ0v) is 12.3. The Morgan fingerprint density at radius 3 is 2.47 bits per heavy atom. The molecule has 0 aliphatic rings. The minimum atomic E-state index is -0.355. The predicted molar refractivity (Wildman–Crippen MR) is 84.4 cm³/mol. The van der Waals surface area contributed by atoms with E-state index in [1.165, 1.54) is 0 Å². The highest BCUT2D eigenvalue weighted by molar-refractivity contribution is 9.10. The Labute approximate surface area is 125 Å². The van der Waals surface area contributed by atoms with E-state index in [4.69, 9.17) is 12.2 Å². The summed E-state index contributed by atoms with van der Waals surface area (Å²) in [5.74, 6) is 0. The van der Waals surface area contributed by atoms with E-state index in [0.29, 0.717) is 10.7 Å². The first-order chi connectivity index (χ1) is 9.15. The summed E-state index contributed by atoms with van der Waals surface area (Å²) < 4.78 is 0.899. The Kier molecular flexibility index (Phi) is 4.65. The highest BCUT2D eigenvalue weighted by Gasteiger charge is 2.06. The van der Waals surface area contributed by atoms with Gasteiger partial charge >= 0.3 is 6.03 Å². The fourth-order valence-corrected chi connectivity index (χ4v) is 2.12. The normalized spacial score (nSPS) is 9.74. The third-order valence-corrected chi connectivity index (χ3v) is 3.18. The number of anilines is 1. The van der Waals surface area contributed by atoms with Gasteiger partial charge in [0.25, 0.3) is 0 Å². The number of benzene rings is 2. The average Bonchev–Trinajstić information content (AvgIpc) is 2.39. The molecule has 5 heteroatoms. The maximum atomic E-state index is 11.8. The molecule has 2 N–H and O–H groups in total. The van der Waals surface area contributed by atoms with Gasteiger partial charge in [-0.25, -0.2) is 4.79 Å². The molecule has 0 heterocycles. The molecule has 0 aliphatic carbocycles. The molecule has 0 radical (unpaired) electrons. The van der Waals surface area contributed by atoms with Gasteiger partial charge in [0.05, 0.1) is 0 Å². The summed E-state index contributed by atoms with van der Waals surface area (Å²) in [5, 5.41) is 5.35. The molecular formula is C14H11BrN2OS. The van der Waals surface area contributed by atoms with Gasteiger partial charge in [-0.3, -0.25) is 5.32 Å². The molecule has 0 unspecified atom stereocenters. The van der Waals surface area contributed by atoms with E-state index in [-0.39, 0.29) is 6.03 Å². The molecule has 0 spiro atoms. The number of carbonyl (C=O) groups excluding carboxylic acids is 1. The fourth-order valence-electron chi connectivity index (χ4n) is 1.49. The second-order valence-corrected chi connectivity index (χ2v) is 5.11. The third kappa shape index (κ3) is 4.15. The van der Waals surface area contributed by atoms with Gasteiger partial charge in [0.2, 0.25) is 0 Å². The van der Waals surface area contributed by atoms with Crippen molar-refractivity contribution in [1.82, 2.24) is 5.32 Å². The van der Waals surface area contributed by atoms with E-state index >= 15 is 0 Å². The van der Waals surface area contributed by atoms with Crippen LogP contribution >= 0.6 is 28.1 Å². The Balaban J connectivity index is 1.97. The standard InChI is InChI=1S/C14H11BrN2OS/c15-11-7-4-8-12(9-11)16-14(18)17-13(19)10-5-2-1-3-6-10/h1-9H,(H2,16,17,18,19). The van der Waals surface area contributed by atoms with Gasteiger partial charge in [0, 0.05) is 15.7 Å². The van der Waals surface area contributed by atoms with Crippen LogP contribution in [-0.2, 0) is 0 Å². The fraction of sp³-hybridized carbons (Fsp3) is 0. The lowest BCUT2D eigenvalue weighted by Crippen LogP contribution is -2.33. The lowest BCUT2D eigenvalue weighted by Gasteiger charge is -2.08. The third-order valence-electron chi connectivity index (χ3n) is 2.35. The molecule has 0 bridgehead atoms. The maximum absolute atomic E-state index is 11.8. The number of urea groups is 1. The molecule has 3 nitrogen and oxygen atoms in total. The average molecular weight is 335 g/mol. The Morgan fingerprint density at radius 2 is 1.79 bits per heavy atom. The molecule has 0 aliphatic heterocycles. The quantitative estimate of drug-likeness (QED) is 0.816. The second-order valence-electron chi connectivity index (χ2n) is 3.78. The monoisotopic (exact) mass is 334 g/mol. The van der Waals surface area contributed by atoms with Crippen LogP contribution < -0.4 is 10.6 Å². The van der Waals surface area contributed by atoms with Crippen molar-refractivity contribution in [3.8, 4) is 0 Å². The largest absolute Gasteiger partial charge is 0.324 e. The summed E-state index contributed by atoms with van der Waals surface area (Å²) >= 11 is 8.50. The lowest BCUT2D eigenvalue weighted by atomic mass is 10.2. The summed E-state index contributed by atoms with van der Waals surface area (Å²) in [7, 11) is 0. The van der Waals surface area contributed by atoms with Crippen LogP contribution in [0, 0.1) is 0 Å². The van der Waals surface area contributed by atoms with Gasteiger partial charge in [-0.05, 0) is 18.2 Å². The van der Waals surface area contributed by atoms with Crippen molar-refractivity contribution in [1.29, 1.82) is 0 Å². The van der Waals surface area contributed by atoms with E-state index in [1.807, 2.05) is 48.5 Å². The number of rotatable bonds is 2. The highest BCUT2D eigenvalue weighted by atomic mass is 79.9. The van der Waals surface area contributed by atoms with Crippen molar-refractivity contribution in [2.24, 2.45) is 0 Å². The number of hydrogen-bond donors (Lipinski definition) is 2. The van der Waals surface area contributed by atoms with Crippen LogP contribution in [0.3, 0.4) is 0 Å². The zero-order chi connectivity index (χ0) is 13.7. The molecule has 0 saturated heterocycles.